The summed E-state index contributed by atoms with van der Waals surface area (Å²) in [6, 6.07) is 25.6. The smallest absolute Gasteiger partial charge is 0.228 e. The van der Waals surface area contributed by atoms with Gasteiger partial charge in [-0.25, -0.2) is 44.9 Å². The summed E-state index contributed by atoms with van der Waals surface area (Å²) in [4.78, 5) is 49.3. The average molecular weight is 1410 g/mol. The highest BCUT2D eigenvalue weighted by atomic mass is 35.5. The molecule has 0 saturated carbocycles. The van der Waals surface area contributed by atoms with Gasteiger partial charge in [0.15, 0.2) is 0 Å². The number of hydrogen-bond acceptors (Lipinski definition) is 21. The van der Waals surface area contributed by atoms with Gasteiger partial charge in [0.2, 0.25) is 17.8 Å². The number of nitrogens with one attached hydrogen (secondary N) is 6. The molecule has 24 nitrogen and oxygen atoms in total. The quantitative estimate of drug-likeness (QED) is 0.0665. The summed E-state index contributed by atoms with van der Waals surface area (Å²) in [6.45, 7) is 26.4. The maximum atomic E-state index is 4.83. The van der Waals surface area contributed by atoms with Crippen LogP contribution in [0.5, 0.6) is 0 Å². The summed E-state index contributed by atoms with van der Waals surface area (Å²) in [7, 11) is 0. The van der Waals surface area contributed by atoms with E-state index in [9.17, 15) is 0 Å². The molecule has 6 fully saturated rings. The lowest BCUT2D eigenvalue weighted by molar-refractivity contribution is 0.126. The zero-order chi connectivity index (χ0) is 65.8. The van der Waals surface area contributed by atoms with Crippen LogP contribution in [0.25, 0.3) is 65.4 Å². The fourth-order valence-corrected chi connectivity index (χ4v) is 15.3. The van der Waals surface area contributed by atoms with Crippen molar-refractivity contribution in [3.05, 3.63) is 129 Å². The van der Waals surface area contributed by atoms with E-state index in [1.165, 1.54) is 75.1 Å². The van der Waals surface area contributed by atoms with Gasteiger partial charge in [-0.1, -0.05) is 36.4 Å². The Morgan fingerprint density at radius 3 is 1.04 bits per heavy atom. The molecule has 522 valence electrons. The van der Waals surface area contributed by atoms with Crippen LogP contribution < -0.4 is 46.6 Å². The van der Waals surface area contributed by atoms with Crippen molar-refractivity contribution in [1.29, 1.82) is 0 Å². The Labute approximate surface area is 600 Å². The van der Waals surface area contributed by atoms with E-state index in [0.717, 1.165) is 148 Å². The monoisotopic (exact) mass is 1410 g/mol. The van der Waals surface area contributed by atoms with Crippen LogP contribution in [0.4, 0.5) is 52.4 Å². The minimum absolute atomic E-state index is 0. The predicted molar refractivity (Wildman–Crippen MR) is 409 cm³/mol. The Balaban J connectivity index is 0.000000132. The average Bonchev–Trinajstić information content (AvgIpc) is 0.986. The van der Waals surface area contributed by atoms with Gasteiger partial charge >= 0.3 is 0 Å². The molecule has 6 saturated heterocycles. The van der Waals surface area contributed by atoms with E-state index in [1.807, 2.05) is 106 Å². The Morgan fingerprint density at radius 1 is 0.340 bits per heavy atom. The molecule has 100 heavy (non-hydrogen) atoms. The van der Waals surface area contributed by atoms with Crippen molar-refractivity contribution in [2.75, 3.05) is 109 Å². The Bertz CT molecular complexity index is 4790. The van der Waals surface area contributed by atoms with Crippen LogP contribution in [0.3, 0.4) is 0 Å². The third kappa shape index (κ3) is 13.9. The largest absolute Gasteiger partial charge is 0.370 e. The normalized spacial score (nSPS) is 17.4. The molecule has 6 aliphatic heterocycles. The molecule has 18 rings (SSSR count). The zero-order valence-corrected chi connectivity index (χ0v) is 60.0. The molecule has 6 aliphatic rings. The first kappa shape index (κ1) is 69.6. The molecule has 0 unspecified atom stereocenters. The summed E-state index contributed by atoms with van der Waals surface area (Å²) in [5.74, 6) is 3.86. The number of pyridine rings is 3. The van der Waals surface area contributed by atoms with E-state index >= 15 is 0 Å². The van der Waals surface area contributed by atoms with Gasteiger partial charge in [0.25, 0.3) is 0 Å². The molecular weight excluding hydrogens is 1320 g/mol. The van der Waals surface area contributed by atoms with Crippen LogP contribution in [-0.2, 0) is 0 Å². The number of fused-ring (bicyclic) bond motifs is 9. The second-order valence-electron chi connectivity index (χ2n) is 28.7. The summed E-state index contributed by atoms with van der Waals surface area (Å²) >= 11 is 0. The van der Waals surface area contributed by atoms with Crippen LogP contribution in [-0.4, -0.2) is 153 Å². The van der Waals surface area contributed by atoms with Crippen LogP contribution in [0.15, 0.2) is 129 Å². The topological polar surface area (TPSA) is 251 Å². The molecule has 3 aromatic carbocycles. The van der Waals surface area contributed by atoms with Gasteiger partial charge in [0, 0.05) is 127 Å². The molecule has 0 amide bonds. The predicted octanol–water partition coefficient (Wildman–Crippen LogP) is 13.3. The van der Waals surface area contributed by atoms with Crippen molar-refractivity contribution in [3.8, 4) is 0 Å². The van der Waals surface area contributed by atoms with E-state index in [4.69, 9.17) is 15.0 Å². The summed E-state index contributed by atoms with van der Waals surface area (Å²) in [5.41, 5.74) is 10.9. The van der Waals surface area contributed by atoms with E-state index in [2.05, 4.69) is 170 Å². The standard InChI is InChI=1S/C25H30N8.2C24H28N8.3ClH/c1-17(2)33-23-19(14-29-33)4-3-18-13-28-24(31-22(18)23)30-21-6-5-20(15-27-21)32-12-9-25(16-32)7-10-26-11-8-25;1-16(2)32-22-18(12-28-32)4-3-17-11-27-23(30-21(17)22)29-20-6-5-19(13-26-20)31-9-7-24(8-10-31)14-25-15-24;1-16(2)32-22-18(12-28-32)4-3-17-11-27-23(30-21(17)22)29-20-6-5-19(13-26-20)31-14-24(15-31)7-9-25-10-8-24;;;/h3-6,13-15,17,26H,7-12,16H2,1-2H3,(H,27,28,30,31);2*3-6,11-13,16,25H,7-10,14-15H2,1-2H3,(H,26,27,29,30);3*1H. The molecule has 0 radical (unpaired) electrons. The van der Waals surface area contributed by atoms with Crippen LogP contribution >= 0.6 is 37.2 Å². The van der Waals surface area contributed by atoms with Gasteiger partial charge < -0.3 is 46.6 Å². The lowest BCUT2D eigenvalue weighted by Crippen LogP contribution is -2.60. The lowest BCUT2D eigenvalue weighted by atomic mass is 9.72. The van der Waals surface area contributed by atoms with Crippen molar-refractivity contribution >= 4 is 155 Å². The van der Waals surface area contributed by atoms with E-state index in [-0.39, 0.29) is 55.3 Å². The summed E-state index contributed by atoms with van der Waals surface area (Å²) in [6.07, 6.45) is 26.0. The molecule has 0 atom stereocenters. The van der Waals surface area contributed by atoms with Gasteiger partial charge in [0.05, 0.1) is 70.8 Å². The van der Waals surface area contributed by atoms with E-state index in [1.54, 1.807) is 0 Å². The second kappa shape index (κ2) is 29.0. The van der Waals surface area contributed by atoms with E-state index in [0.29, 0.717) is 34.1 Å². The van der Waals surface area contributed by atoms with Crippen LogP contribution in [0, 0.1) is 16.2 Å². The first-order valence-electron chi connectivity index (χ1n) is 34.8. The van der Waals surface area contributed by atoms with Crippen molar-refractivity contribution < 1.29 is 0 Å². The second-order valence-corrected chi connectivity index (χ2v) is 28.7. The van der Waals surface area contributed by atoms with E-state index < -0.39 is 0 Å². The van der Waals surface area contributed by atoms with Crippen molar-refractivity contribution in [1.82, 2.24) is 90.1 Å². The Hall–Kier alpha value is -8.91. The minimum atomic E-state index is 0. The molecule has 9 aromatic heterocycles. The zero-order valence-electron chi connectivity index (χ0n) is 57.6. The maximum absolute atomic E-state index is 4.83. The van der Waals surface area contributed by atoms with Crippen LogP contribution in [0.1, 0.15) is 105 Å². The van der Waals surface area contributed by atoms with Gasteiger partial charge in [-0.3, -0.25) is 14.0 Å². The molecule has 6 N–H and O–H groups in total. The number of piperidine rings is 3. The lowest BCUT2D eigenvalue weighted by Gasteiger charge is -2.53. The molecule has 15 heterocycles. The molecule has 12 aromatic rings. The minimum Gasteiger partial charge on any atom is -0.370 e. The first-order chi connectivity index (χ1) is 47.3. The third-order valence-corrected chi connectivity index (χ3v) is 21.1. The first-order valence-corrected chi connectivity index (χ1v) is 34.8. The highest BCUT2D eigenvalue weighted by Crippen LogP contribution is 2.43. The maximum Gasteiger partial charge on any atom is 0.228 e. The van der Waals surface area contributed by atoms with Gasteiger partial charge in [-0.05, 0) is 160 Å². The number of aromatic nitrogens is 15. The highest BCUT2D eigenvalue weighted by molar-refractivity contribution is 6.05. The van der Waals surface area contributed by atoms with Crippen molar-refractivity contribution in [3.63, 3.8) is 0 Å². The fourth-order valence-electron chi connectivity index (χ4n) is 15.3. The third-order valence-electron chi connectivity index (χ3n) is 21.1. The number of hydrogen-bond donors (Lipinski definition) is 6. The number of nitrogens with zero attached hydrogens (tertiary/aromatic N) is 18. The van der Waals surface area contributed by atoms with Gasteiger partial charge in [0.1, 0.15) is 34.0 Å². The number of benzene rings is 3. The molecule has 0 aliphatic carbocycles. The highest BCUT2D eigenvalue weighted by Gasteiger charge is 2.44. The van der Waals surface area contributed by atoms with Gasteiger partial charge in [-0.15, -0.1) is 37.2 Å². The molecule has 3 spiro atoms. The van der Waals surface area contributed by atoms with Crippen LogP contribution in [0.2, 0.25) is 0 Å². The fraction of sp³-hybridized carbons (Fsp3) is 0.425. The number of halogens is 3. The van der Waals surface area contributed by atoms with Gasteiger partial charge in [-0.2, -0.15) is 15.3 Å². The van der Waals surface area contributed by atoms with Crippen molar-refractivity contribution in [2.24, 2.45) is 16.2 Å². The number of anilines is 9. The summed E-state index contributed by atoms with van der Waals surface area (Å²) in [5, 5.41) is 40.1. The Kier molecular flexibility index (Phi) is 20.2. The molecular formula is C73H89Cl3N24. The SMILES string of the molecule is CC(C)n1ncc2ccc3cnc(Nc4ccc(N5CC6(CCNCC6)C5)cn4)nc3c21.CC(C)n1ncc2ccc3cnc(Nc4ccc(N5CCC6(CC5)CNC6)cn4)nc3c21.CC(C)n1ncc2ccc3cnc(Nc4ccc(N5CCC6(CCNCC6)C5)cn4)nc3c21.Cl.Cl.Cl. The van der Waals surface area contributed by atoms with Crippen molar-refractivity contribution in [2.45, 2.75) is 105 Å². The Morgan fingerprint density at radius 2 is 0.680 bits per heavy atom. The summed E-state index contributed by atoms with van der Waals surface area (Å²) < 4.78 is 6.06. The number of rotatable bonds is 12. The molecule has 27 heteroatoms. The molecule has 0 bridgehead atoms.